The highest BCUT2D eigenvalue weighted by molar-refractivity contribution is 5.58. The second-order valence-corrected chi connectivity index (χ2v) is 3.36. The van der Waals surface area contributed by atoms with Gasteiger partial charge in [0.1, 0.15) is 6.29 Å². The van der Waals surface area contributed by atoms with E-state index >= 15 is 0 Å². The van der Waals surface area contributed by atoms with Gasteiger partial charge in [0.05, 0.1) is 13.2 Å². The summed E-state index contributed by atoms with van der Waals surface area (Å²) in [6, 6.07) is 0. The number of aldehydes is 1. The number of fused-ring (bicyclic) bond motifs is 1. The van der Waals surface area contributed by atoms with Crippen LogP contribution in [0.4, 0.5) is 0 Å². The van der Waals surface area contributed by atoms with Crippen LogP contribution < -0.4 is 0 Å². The molecule has 2 heterocycles. The summed E-state index contributed by atoms with van der Waals surface area (Å²) in [5.41, 5.74) is 4.70. The molecule has 2 rings (SSSR count). The summed E-state index contributed by atoms with van der Waals surface area (Å²) < 4.78 is 5.36. The molecule has 13 heavy (non-hydrogen) atoms. The highest BCUT2D eigenvalue weighted by atomic mass is 16.5. The topological polar surface area (TPSA) is 42.1 Å². The van der Waals surface area contributed by atoms with Crippen LogP contribution in [0.5, 0.6) is 0 Å². The van der Waals surface area contributed by atoms with Crippen molar-refractivity contribution in [3.63, 3.8) is 0 Å². The van der Waals surface area contributed by atoms with Crippen molar-refractivity contribution in [3.05, 3.63) is 22.5 Å². The third-order valence-electron chi connectivity index (χ3n) is 2.55. The van der Waals surface area contributed by atoms with Gasteiger partial charge in [-0.2, -0.15) is 0 Å². The Morgan fingerprint density at radius 1 is 1.62 bits per heavy atom. The molecule has 0 spiro atoms. The molecule has 3 heteroatoms. The van der Waals surface area contributed by atoms with Crippen LogP contribution >= 0.6 is 0 Å². The van der Waals surface area contributed by atoms with Crippen LogP contribution in [0.25, 0.3) is 0 Å². The number of aromatic amines is 1. The largest absolute Gasteiger partial charge is 0.376 e. The van der Waals surface area contributed by atoms with Gasteiger partial charge in [-0.1, -0.05) is 0 Å². The number of aromatic nitrogens is 1. The highest BCUT2D eigenvalue weighted by Crippen LogP contribution is 2.23. The predicted octanol–water partition coefficient (Wildman–Crippen LogP) is 1.14. The SMILES string of the molecule is Cc1[nH]c2c(c1CC=O)COCC2. The molecule has 0 saturated carbocycles. The van der Waals surface area contributed by atoms with Gasteiger partial charge in [-0.25, -0.2) is 0 Å². The van der Waals surface area contributed by atoms with E-state index in [-0.39, 0.29) is 0 Å². The van der Waals surface area contributed by atoms with E-state index in [0.717, 1.165) is 30.6 Å². The third-order valence-corrected chi connectivity index (χ3v) is 2.55. The number of carbonyl (C=O) groups excluding carboxylic acids is 1. The Hall–Kier alpha value is -1.09. The van der Waals surface area contributed by atoms with Crippen molar-refractivity contribution in [2.24, 2.45) is 0 Å². The second-order valence-electron chi connectivity index (χ2n) is 3.36. The van der Waals surface area contributed by atoms with Gasteiger partial charge in [-0.15, -0.1) is 0 Å². The maximum atomic E-state index is 10.5. The maximum absolute atomic E-state index is 10.5. The zero-order chi connectivity index (χ0) is 9.26. The van der Waals surface area contributed by atoms with E-state index in [1.807, 2.05) is 6.92 Å². The average molecular weight is 179 g/mol. The van der Waals surface area contributed by atoms with Crippen LogP contribution in [0.2, 0.25) is 0 Å². The van der Waals surface area contributed by atoms with E-state index in [0.29, 0.717) is 13.0 Å². The molecule has 0 aromatic carbocycles. The quantitative estimate of drug-likeness (QED) is 0.692. The van der Waals surface area contributed by atoms with Gasteiger partial charge in [0.15, 0.2) is 0 Å². The van der Waals surface area contributed by atoms with Crippen molar-refractivity contribution in [3.8, 4) is 0 Å². The molecule has 0 atom stereocenters. The molecule has 3 nitrogen and oxygen atoms in total. The van der Waals surface area contributed by atoms with Gasteiger partial charge in [0, 0.05) is 29.8 Å². The van der Waals surface area contributed by atoms with E-state index in [1.54, 1.807) is 0 Å². The number of hydrogen-bond acceptors (Lipinski definition) is 2. The van der Waals surface area contributed by atoms with Crippen molar-refractivity contribution in [1.29, 1.82) is 0 Å². The van der Waals surface area contributed by atoms with Gasteiger partial charge >= 0.3 is 0 Å². The standard InChI is InChI=1S/C10H13NO2/c1-7-8(2-4-12)9-6-13-5-3-10(9)11-7/h4,11H,2-3,5-6H2,1H3. The second kappa shape index (κ2) is 3.34. The Morgan fingerprint density at radius 3 is 3.23 bits per heavy atom. The van der Waals surface area contributed by atoms with Crippen LogP contribution in [-0.4, -0.2) is 17.9 Å². The normalized spacial score (nSPS) is 15.5. The van der Waals surface area contributed by atoms with Crippen LogP contribution in [0.1, 0.15) is 22.5 Å². The Morgan fingerprint density at radius 2 is 2.46 bits per heavy atom. The molecule has 0 aliphatic carbocycles. The molecule has 0 amide bonds. The molecule has 0 saturated heterocycles. The van der Waals surface area contributed by atoms with E-state index in [1.165, 1.54) is 11.3 Å². The molecule has 0 unspecified atom stereocenters. The molecule has 1 aromatic rings. The number of nitrogens with one attached hydrogen (secondary N) is 1. The van der Waals surface area contributed by atoms with Crippen molar-refractivity contribution in [2.75, 3.05) is 6.61 Å². The maximum Gasteiger partial charge on any atom is 0.124 e. The summed E-state index contributed by atoms with van der Waals surface area (Å²) in [7, 11) is 0. The first-order valence-electron chi connectivity index (χ1n) is 4.53. The van der Waals surface area contributed by atoms with E-state index in [9.17, 15) is 4.79 Å². The number of hydrogen-bond donors (Lipinski definition) is 1. The fraction of sp³-hybridized carbons (Fsp3) is 0.500. The van der Waals surface area contributed by atoms with E-state index < -0.39 is 0 Å². The molecule has 1 N–H and O–H groups in total. The molecule has 1 aromatic heterocycles. The molecule has 0 bridgehead atoms. The molecule has 1 aliphatic heterocycles. The Labute approximate surface area is 77.1 Å². The summed E-state index contributed by atoms with van der Waals surface area (Å²) in [6.07, 6.45) is 2.39. The first-order valence-corrected chi connectivity index (χ1v) is 4.53. The highest BCUT2D eigenvalue weighted by Gasteiger charge is 2.17. The Kier molecular flexibility index (Phi) is 2.19. The zero-order valence-corrected chi connectivity index (χ0v) is 7.72. The van der Waals surface area contributed by atoms with Gasteiger partial charge in [0.25, 0.3) is 0 Å². The van der Waals surface area contributed by atoms with Crippen molar-refractivity contribution in [2.45, 2.75) is 26.4 Å². The zero-order valence-electron chi connectivity index (χ0n) is 7.72. The van der Waals surface area contributed by atoms with Crippen LogP contribution in [0.3, 0.4) is 0 Å². The minimum Gasteiger partial charge on any atom is -0.376 e. The molecular weight excluding hydrogens is 166 g/mol. The number of ether oxygens (including phenoxy) is 1. The van der Waals surface area contributed by atoms with Crippen molar-refractivity contribution >= 4 is 6.29 Å². The molecule has 1 aliphatic rings. The van der Waals surface area contributed by atoms with Gasteiger partial charge in [-0.05, 0) is 12.5 Å². The first-order chi connectivity index (χ1) is 6.33. The summed E-state index contributed by atoms with van der Waals surface area (Å²) in [5, 5.41) is 0. The molecule has 70 valence electrons. The number of H-pyrrole nitrogens is 1. The molecule has 0 fully saturated rings. The summed E-state index contributed by atoms with van der Waals surface area (Å²) in [5.74, 6) is 0. The molecule has 0 radical (unpaired) electrons. The lowest BCUT2D eigenvalue weighted by Crippen LogP contribution is -2.09. The van der Waals surface area contributed by atoms with Crippen molar-refractivity contribution in [1.82, 2.24) is 4.98 Å². The van der Waals surface area contributed by atoms with Gasteiger partial charge in [0.2, 0.25) is 0 Å². The van der Waals surface area contributed by atoms with E-state index in [4.69, 9.17) is 4.74 Å². The monoisotopic (exact) mass is 179 g/mol. The smallest absolute Gasteiger partial charge is 0.124 e. The summed E-state index contributed by atoms with van der Waals surface area (Å²) in [6.45, 7) is 3.45. The summed E-state index contributed by atoms with van der Waals surface area (Å²) >= 11 is 0. The number of rotatable bonds is 2. The van der Waals surface area contributed by atoms with Crippen LogP contribution in [-0.2, 0) is 29.0 Å². The fourth-order valence-corrected chi connectivity index (χ4v) is 1.88. The summed E-state index contributed by atoms with van der Waals surface area (Å²) in [4.78, 5) is 13.8. The van der Waals surface area contributed by atoms with Crippen LogP contribution in [0.15, 0.2) is 0 Å². The van der Waals surface area contributed by atoms with Gasteiger partial charge < -0.3 is 14.5 Å². The van der Waals surface area contributed by atoms with Gasteiger partial charge in [-0.3, -0.25) is 0 Å². The average Bonchev–Trinajstić information content (AvgIpc) is 2.44. The lowest BCUT2D eigenvalue weighted by Gasteiger charge is -2.12. The third kappa shape index (κ3) is 1.40. The lowest BCUT2D eigenvalue weighted by atomic mass is 10.0. The number of carbonyl (C=O) groups is 1. The minimum atomic E-state index is 0.501. The van der Waals surface area contributed by atoms with Crippen molar-refractivity contribution < 1.29 is 9.53 Å². The van der Waals surface area contributed by atoms with E-state index in [2.05, 4.69) is 4.98 Å². The lowest BCUT2D eigenvalue weighted by molar-refractivity contribution is -0.107. The Bertz CT molecular complexity index is 328. The fourth-order valence-electron chi connectivity index (χ4n) is 1.88. The number of aryl methyl sites for hydroxylation is 1. The van der Waals surface area contributed by atoms with Crippen LogP contribution in [0, 0.1) is 6.92 Å². The predicted molar refractivity (Wildman–Crippen MR) is 48.7 cm³/mol. The molecular formula is C10H13NO2. The first kappa shape index (κ1) is 8.51. The minimum absolute atomic E-state index is 0.501. The Balaban J connectivity index is 2.41.